The fraction of sp³-hybridized carbons (Fsp3) is 0.269. The Kier molecular flexibility index (Phi) is 8.56. The number of amides is 2. The molecule has 0 saturated carbocycles. The summed E-state index contributed by atoms with van der Waals surface area (Å²) in [6, 6.07) is 14.4. The van der Waals surface area contributed by atoms with E-state index in [1.165, 1.54) is 18.3 Å². The van der Waals surface area contributed by atoms with Crippen LogP contribution in [0.25, 0.3) is 11.3 Å². The molecule has 1 atom stereocenters. The lowest BCUT2D eigenvalue weighted by atomic mass is 10.0. The van der Waals surface area contributed by atoms with Crippen molar-refractivity contribution in [2.24, 2.45) is 11.0 Å². The molecule has 2 N–H and O–H groups in total. The van der Waals surface area contributed by atoms with Crippen LogP contribution in [0.2, 0.25) is 0 Å². The number of carbonyl (C=O) groups is 2. The van der Waals surface area contributed by atoms with Gasteiger partial charge >= 0.3 is 0 Å². The molecule has 0 aliphatic carbocycles. The molecule has 0 saturated heterocycles. The first kappa shape index (κ1) is 26.1. The molecule has 1 heterocycles. The molecule has 1 aromatic heterocycles. The highest BCUT2D eigenvalue weighted by atomic mass is 16.6. The van der Waals surface area contributed by atoms with Crippen molar-refractivity contribution in [3.63, 3.8) is 0 Å². The van der Waals surface area contributed by atoms with Gasteiger partial charge in [0.25, 0.3) is 17.5 Å². The number of nitro benzene ring substituents is 1. The van der Waals surface area contributed by atoms with E-state index < -0.39 is 22.8 Å². The zero-order valence-corrected chi connectivity index (χ0v) is 20.5. The third kappa shape index (κ3) is 6.78. The van der Waals surface area contributed by atoms with E-state index >= 15 is 0 Å². The highest BCUT2D eigenvalue weighted by Gasteiger charge is 2.24. The minimum Gasteiger partial charge on any atom is -0.484 e. The van der Waals surface area contributed by atoms with Crippen LogP contribution in [0.3, 0.4) is 0 Å². The first-order valence-electron chi connectivity index (χ1n) is 11.3. The largest absolute Gasteiger partial charge is 0.484 e. The molecule has 10 heteroatoms. The van der Waals surface area contributed by atoms with Gasteiger partial charge in [-0.3, -0.25) is 19.7 Å². The van der Waals surface area contributed by atoms with Crippen molar-refractivity contribution in [2.45, 2.75) is 33.7 Å². The van der Waals surface area contributed by atoms with Crippen molar-refractivity contribution in [1.82, 2.24) is 10.7 Å². The summed E-state index contributed by atoms with van der Waals surface area (Å²) in [7, 11) is 0. The van der Waals surface area contributed by atoms with Gasteiger partial charge in [0.05, 0.1) is 11.1 Å². The van der Waals surface area contributed by atoms with Gasteiger partial charge in [-0.1, -0.05) is 32.0 Å². The third-order valence-corrected chi connectivity index (χ3v) is 5.40. The quantitative estimate of drug-likeness (QED) is 0.248. The minimum atomic E-state index is -0.815. The van der Waals surface area contributed by atoms with E-state index in [2.05, 4.69) is 15.8 Å². The summed E-state index contributed by atoms with van der Waals surface area (Å²) in [6.45, 7) is 7.03. The van der Waals surface area contributed by atoms with E-state index in [1.807, 2.05) is 39.0 Å². The number of nitrogens with one attached hydrogen (secondary N) is 2. The molecule has 0 unspecified atom stereocenters. The van der Waals surface area contributed by atoms with Crippen LogP contribution < -0.4 is 15.5 Å². The molecule has 0 aliphatic heterocycles. The molecule has 2 aromatic carbocycles. The smallest absolute Gasteiger partial charge is 0.269 e. The summed E-state index contributed by atoms with van der Waals surface area (Å²) in [5.74, 6) is 0.386. The molecule has 0 fully saturated rings. The number of hydrazone groups is 1. The van der Waals surface area contributed by atoms with Crippen molar-refractivity contribution in [3.05, 3.63) is 81.6 Å². The van der Waals surface area contributed by atoms with Gasteiger partial charge < -0.3 is 14.5 Å². The average Bonchev–Trinajstić information content (AvgIpc) is 3.30. The van der Waals surface area contributed by atoms with Crippen LogP contribution in [0.15, 0.2) is 64.1 Å². The van der Waals surface area contributed by atoms with Crippen LogP contribution in [0, 0.1) is 29.9 Å². The normalized spacial score (nSPS) is 11.9. The maximum Gasteiger partial charge on any atom is 0.269 e. The second kappa shape index (κ2) is 11.8. The number of ether oxygens (including phenoxy) is 1. The number of nitrogens with zero attached hydrogens (tertiary/aromatic N) is 2. The van der Waals surface area contributed by atoms with Gasteiger partial charge in [0.1, 0.15) is 23.3 Å². The Balaban J connectivity index is 1.57. The lowest BCUT2D eigenvalue weighted by Crippen LogP contribution is -2.49. The second-order valence-corrected chi connectivity index (χ2v) is 8.54. The zero-order chi connectivity index (χ0) is 26.2. The van der Waals surface area contributed by atoms with Crippen LogP contribution in [0.4, 0.5) is 5.69 Å². The van der Waals surface area contributed by atoms with E-state index in [0.29, 0.717) is 28.4 Å². The number of aryl methyl sites for hydroxylation is 2. The van der Waals surface area contributed by atoms with Crippen molar-refractivity contribution in [1.29, 1.82) is 0 Å². The lowest BCUT2D eigenvalue weighted by Gasteiger charge is -2.20. The first-order chi connectivity index (χ1) is 17.2. The first-order valence-corrected chi connectivity index (χ1v) is 11.3. The second-order valence-electron chi connectivity index (χ2n) is 8.54. The van der Waals surface area contributed by atoms with Crippen molar-refractivity contribution in [3.8, 4) is 17.1 Å². The lowest BCUT2D eigenvalue weighted by molar-refractivity contribution is -0.384. The molecule has 10 nitrogen and oxygen atoms in total. The van der Waals surface area contributed by atoms with E-state index in [4.69, 9.17) is 9.15 Å². The number of rotatable bonds is 10. The summed E-state index contributed by atoms with van der Waals surface area (Å²) in [6.07, 6.45) is 1.34. The number of nitro groups is 1. The van der Waals surface area contributed by atoms with Crippen LogP contribution in [-0.4, -0.2) is 35.6 Å². The van der Waals surface area contributed by atoms with E-state index in [1.54, 1.807) is 31.2 Å². The van der Waals surface area contributed by atoms with Crippen molar-refractivity contribution >= 4 is 23.7 Å². The van der Waals surface area contributed by atoms with Crippen LogP contribution in [-0.2, 0) is 9.59 Å². The molecule has 2 amide bonds. The van der Waals surface area contributed by atoms with Crippen LogP contribution >= 0.6 is 0 Å². The topological polar surface area (TPSA) is 136 Å². The Labute approximate surface area is 208 Å². The molecule has 3 aromatic rings. The number of hydrogen-bond acceptors (Lipinski definition) is 7. The highest BCUT2D eigenvalue weighted by molar-refractivity contribution is 5.89. The summed E-state index contributed by atoms with van der Waals surface area (Å²) >= 11 is 0. The van der Waals surface area contributed by atoms with Crippen LogP contribution in [0.1, 0.15) is 30.7 Å². The molecule has 0 aliphatic rings. The number of para-hydroxylation sites is 1. The summed E-state index contributed by atoms with van der Waals surface area (Å²) in [5.41, 5.74) is 4.73. The number of non-ortho nitro benzene ring substituents is 1. The SMILES string of the molecule is Cc1ccccc1OCC(=O)N[C@@H](C(=O)N/N=C\c1ccc(-c2ccc([N+](=O)[O-])cc2C)o1)C(C)C. The van der Waals surface area contributed by atoms with Gasteiger partial charge in [0.15, 0.2) is 6.61 Å². The maximum absolute atomic E-state index is 12.6. The van der Waals surface area contributed by atoms with Gasteiger partial charge in [0.2, 0.25) is 0 Å². The van der Waals surface area contributed by atoms with Gasteiger partial charge in [0, 0.05) is 17.7 Å². The molecule has 36 heavy (non-hydrogen) atoms. The van der Waals surface area contributed by atoms with Gasteiger partial charge in [-0.2, -0.15) is 5.10 Å². The summed E-state index contributed by atoms with van der Waals surface area (Å²) in [5, 5.41) is 17.5. The zero-order valence-electron chi connectivity index (χ0n) is 20.5. The Morgan fingerprint density at radius 2 is 1.86 bits per heavy atom. The summed E-state index contributed by atoms with van der Waals surface area (Å²) in [4.78, 5) is 35.5. The van der Waals surface area contributed by atoms with E-state index in [-0.39, 0.29) is 18.2 Å². The molecule has 0 radical (unpaired) electrons. The van der Waals surface area contributed by atoms with E-state index in [0.717, 1.165) is 5.56 Å². The molecule has 3 rings (SSSR count). The molecule has 0 spiro atoms. The highest BCUT2D eigenvalue weighted by Crippen LogP contribution is 2.28. The van der Waals surface area contributed by atoms with Crippen molar-refractivity contribution in [2.75, 3.05) is 6.61 Å². The average molecular weight is 493 g/mol. The number of carbonyl (C=O) groups excluding carboxylic acids is 2. The number of hydrogen-bond donors (Lipinski definition) is 2. The standard InChI is InChI=1S/C26H28N4O6/c1-16(2)25(28-24(31)15-35-22-8-6-5-7-17(22)3)26(32)29-27-14-20-10-12-23(36-20)21-11-9-19(30(33)34)13-18(21)4/h5-14,16,25H,15H2,1-4H3,(H,28,31)(H,29,32)/b27-14-/t25-/m1/s1. The Morgan fingerprint density at radius 1 is 1.11 bits per heavy atom. The number of benzene rings is 2. The Bertz CT molecular complexity index is 1280. The monoisotopic (exact) mass is 492 g/mol. The van der Waals surface area contributed by atoms with Gasteiger partial charge in [-0.25, -0.2) is 5.43 Å². The molecule has 0 bridgehead atoms. The Hall–Kier alpha value is -4.47. The third-order valence-electron chi connectivity index (χ3n) is 5.40. The number of furan rings is 1. The molecular formula is C26H28N4O6. The maximum atomic E-state index is 12.6. The summed E-state index contributed by atoms with van der Waals surface area (Å²) < 4.78 is 11.3. The van der Waals surface area contributed by atoms with Crippen molar-refractivity contribution < 1.29 is 23.7 Å². The molecule has 188 valence electrons. The fourth-order valence-electron chi connectivity index (χ4n) is 3.45. The predicted molar refractivity (Wildman–Crippen MR) is 135 cm³/mol. The van der Waals surface area contributed by atoms with Gasteiger partial charge in [-0.05, 0) is 55.2 Å². The minimum absolute atomic E-state index is 0.000782. The Morgan fingerprint density at radius 3 is 2.53 bits per heavy atom. The fourth-order valence-corrected chi connectivity index (χ4v) is 3.45. The van der Waals surface area contributed by atoms with Crippen LogP contribution in [0.5, 0.6) is 5.75 Å². The van der Waals surface area contributed by atoms with E-state index in [9.17, 15) is 19.7 Å². The van der Waals surface area contributed by atoms with Gasteiger partial charge in [-0.15, -0.1) is 0 Å². The molecular weight excluding hydrogens is 464 g/mol. The predicted octanol–water partition coefficient (Wildman–Crippen LogP) is 4.14.